The van der Waals surface area contributed by atoms with E-state index >= 15 is 0 Å². The Morgan fingerprint density at radius 1 is 1.23 bits per heavy atom. The van der Waals surface area contributed by atoms with Crippen LogP contribution in [0.15, 0.2) is 36.4 Å². The number of nitrogens with one attached hydrogen (secondary N) is 1. The number of halogens is 2. The molecule has 1 aliphatic rings. The van der Waals surface area contributed by atoms with E-state index in [1.165, 1.54) is 24.3 Å². The fraction of sp³-hybridized carbons (Fsp3) is 0.222. The molecule has 26 heavy (non-hydrogen) atoms. The Hall–Kier alpha value is -2.64. The van der Waals surface area contributed by atoms with E-state index in [9.17, 15) is 14.0 Å². The Kier molecular flexibility index (Phi) is 5.70. The van der Waals surface area contributed by atoms with Crippen molar-refractivity contribution in [3.8, 4) is 5.75 Å². The van der Waals surface area contributed by atoms with Crippen molar-refractivity contribution in [2.75, 3.05) is 13.3 Å². The Labute approximate surface area is 153 Å². The minimum absolute atomic E-state index is 0.0475. The number of carbonyl (C=O) groups excluding carboxylic acids is 2. The number of carbonyl (C=O) groups is 2. The van der Waals surface area contributed by atoms with Gasteiger partial charge in [-0.2, -0.15) is 0 Å². The zero-order valence-electron chi connectivity index (χ0n) is 13.6. The van der Waals surface area contributed by atoms with E-state index in [2.05, 4.69) is 5.32 Å². The Morgan fingerprint density at radius 3 is 2.77 bits per heavy atom. The molecule has 6 nitrogen and oxygen atoms in total. The third kappa shape index (κ3) is 4.50. The molecular formula is C18H15ClFNO5. The molecule has 0 bridgehead atoms. The van der Waals surface area contributed by atoms with Crippen LogP contribution in [0.25, 0.3) is 0 Å². The van der Waals surface area contributed by atoms with Crippen molar-refractivity contribution < 1.29 is 28.2 Å². The lowest BCUT2D eigenvalue weighted by atomic mass is 10.1. The van der Waals surface area contributed by atoms with Gasteiger partial charge in [-0.15, -0.1) is 0 Å². The number of benzene rings is 2. The number of fused-ring (bicyclic) bond motifs is 1. The van der Waals surface area contributed by atoms with Gasteiger partial charge in [0, 0.05) is 21.7 Å². The second-order valence-electron chi connectivity index (χ2n) is 5.51. The minimum Gasteiger partial charge on any atom is -0.467 e. The molecule has 1 N–H and O–H groups in total. The van der Waals surface area contributed by atoms with Gasteiger partial charge in [0.05, 0.1) is 6.61 Å². The first-order chi connectivity index (χ1) is 12.5. The Morgan fingerprint density at radius 2 is 2.00 bits per heavy atom. The molecule has 1 heterocycles. The Bertz CT molecular complexity index is 825. The van der Waals surface area contributed by atoms with Crippen LogP contribution in [0.4, 0.5) is 4.39 Å². The molecule has 0 fully saturated rings. The lowest BCUT2D eigenvalue weighted by Crippen LogP contribution is -2.30. The molecule has 0 radical (unpaired) electrons. The van der Waals surface area contributed by atoms with Gasteiger partial charge in [-0.3, -0.25) is 9.59 Å². The van der Waals surface area contributed by atoms with Gasteiger partial charge < -0.3 is 19.5 Å². The quantitative estimate of drug-likeness (QED) is 0.809. The van der Waals surface area contributed by atoms with Crippen LogP contribution in [-0.4, -0.2) is 25.2 Å². The first kappa shape index (κ1) is 18.2. The molecule has 3 rings (SSSR count). The van der Waals surface area contributed by atoms with Crippen molar-refractivity contribution >= 4 is 23.5 Å². The van der Waals surface area contributed by atoms with E-state index in [1.54, 1.807) is 12.1 Å². The second kappa shape index (κ2) is 8.16. The van der Waals surface area contributed by atoms with Crippen LogP contribution in [0, 0.1) is 5.82 Å². The van der Waals surface area contributed by atoms with Gasteiger partial charge >= 0.3 is 5.97 Å². The molecule has 136 valence electrons. The number of hydrogen-bond donors (Lipinski definition) is 1. The number of rotatable bonds is 5. The molecule has 0 atom stereocenters. The zero-order chi connectivity index (χ0) is 18.5. The van der Waals surface area contributed by atoms with Gasteiger partial charge in [0.2, 0.25) is 0 Å². The summed E-state index contributed by atoms with van der Waals surface area (Å²) in [6.45, 7) is 0.116. The Balaban J connectivity index is 1.54. The van der Waals surface area contributed by atoms with Gasteiger partial charge in [-0.05, 0) is 36.4 Å². The molecule has 0 saturated heterocycles. The topological polar surface area (TPSA) is 73.9 Å². The highest BCUT2D eigenvalue weighted by atomic mass is 35.5. The summed E-state index contributed by atoms with van der Waals surface area (Å²) in [4.78, 5) is 23.7. The molecule has 2 aromatic rings. The predicted molar refractivity (Wildman–Crippen MR) is 90.3 cm³/mol. The van der Waals surface area contributed by atoms with E-state index < -0.39 is 17.7 Å². The van der Waals surface area contributed by atoms with Crippen LogP contribution >= 0.6 is 11.6 Å². The van der Waals surface area contributed by atoms with E-state index in [0.717, 1.165) is 5.56 Å². The van der Waals surface area contributed by atoms with Crippen molar-refractivity contribution in [1.29, 1.82) is 0 Å². The highest BCUT2D eigenvalue weighted by molar-refractivity contribution is 6.30. The third-order valence-corrected chi connectivity index (χ3v) is 3.86. The highest BCUT2D eigenvalue weighted by Crippen LogP contribution is 2.32. The van der Waals surface area contributed by atoms with Crippen molar-refractivity contribution in [2.45, 2.75) is 13.2 Å². The summed E-state index contributed by atoms with van der Waals surface area (Å²) in [5, 5.41) is 2.90. The summed E-state index contributed by atoms with van der Waals surface area (Å²) in [5.74, 6) is -0.981. The first-order valence-corrected chi connectivity index (χ1v) is 8.12. The van der Waals surface area contributed by atoms with Crippen LogP contribution in [0.3, 0.4) is 0 Å². The number of hydrogen-bond acceptors (Lipinski definition) is 5. The molecule has 8 heteroatoms. The average Bonchev–Trinajstić information content (AvgIpc) is 2.64. The van der Waals surface area contributed by atoms with Crippen molar-refractivity contribution in [3.05, 3.63) is 63.9 Å². The summed E-state index contributed by atoms with van der Waals surface area (Å²) in [7, 11) is 0. The minimum atomic E-state index is -0.624. The second-order valence-corrected chi connectivity index (χ2v) is 5.95. The van der Waals surface area contributed by atoms with E-state index in [4.69, 9.17) is 25.8 Å². The van der Waals surface area contributed by atoms with Crippen LogP contribution in [0.1, 0.15) is 21.5 Å². The van der Waals surface area contributed by atoms with Crippen LogP contribution in [0.5, 0.6) is 5.75 Å². The fourth-order valence-corrected chi connectivity index (χ4v) is 2.69. The largest absolute Gasteiger partial charge is 0.467 e. The lowest BCUT2D eigenvalue weighted by Gasteiger charge is -2.21. The molecule has 0 saturated carbocycles. The van der Waals surface area contributed by atoms with E-state index in [1.807, 2.05) is 0 Å². The molecule has 1 aliphatic heterocycles. The SMILES string of the molecule is O=C(CNC(=O)c1ccc(F)cc1)OCc1cc(Cl)cc2c1OCOC2. The van der Waals surface area contributed by atoms with Gasteiger partial charge in [0.15, 0.2) is 6.79 Å². The maximum atomic E-state index is 12.8. The fourth-order valence-electron chi connectivity index (χ4n) is 2.43. The number of ether oxygens (including phenoxy) is 3. The average molecular weight is 380 g/mol. The monoisotopic (exact) mass is 379 g/mol. The van der Waals surface area contributed by atoms with Crippen molar-refractivity contribution in [1.82, 2.24) is 5.32 Å². The predicted octanol–water partition coefficient (Wildman–Crippen LogP) is 2.82. The molecule has 0 aliphatic carbocycles. The number of amides is 1. The van der Waals surface area contributed by atoms with E-state index in [-0.39, 0.29) is 25.5 Å². The molecule has 0 spiro atoms. The zero-order valence-corrected chi connectivity index (χ0v) is 14.3. The van der Waals surface area contributed by atoms with Gasteiger partial charge in [-0.1, -0.05) is 11.6 Å². The molecule has 1 amide bonds. The van der Waals surface area contributed by atoms with E-state index in [0.29, 0.717) is 22.9 Å². The lowest BCUT2D eigenvalue weighted by molar-refractivity contribution is -0.143. The summed E-state index contributed by atoms with van der Waals surface area (Å²) in [5.41, 5.74) is 1.64. The molecule has 0 unspecified atom stereocenters. The summed E-state index contributed by atoms with van der Waals surface area (Å²) in [6.07, 6.45) is 0. The standard InChI is InChI=1S/C18H15ClFNO5/c19-14-5-12-8-24-10-26-17(12)13(6-14)9-25-16(22)7-21-18(23)11-1-3-15(20)4-2-11/h1-6H,7-10H2,(H,21,23). The summed E-state index contributed by atoms with van der Waals surface area (Å²) < 4.78 is 28.6. The van der Waals surface area contributed by atoms with Crippen LogP contribution < -0.4 is 10.1 Å². The van der Waals surface area contributed by atoms with Gasteiger partial charge in [0.1, 0.15) is 24.7 Å². The molecule has 0 aromatic heterocycles. The molecular weight excluding hydrogens is 365 g/mol. The third-order valence-electron chi connectivity index (χ3n) is 3.64. The smallest absolute Gasteiger partial charge is 0.325 e. The van der Waals surface area contributed by atoms with Crippen molar-refractivity contribution in [2.24, 2.45) is 0 Å². The summed E-state index contributed by atoms with van der Waals surface area (Å²) >= 11 is 6.04. The first-order valence-electron chi connectivity index (χ1n) is 7.74. The van der Waals surface area contributed by atoms with Crippen molar-refractivity contribution in [3.63, 3.8) is 0 Å². The highest BCUT2D eigenvalue weighted by Gasteiger charge is 2.18. The van der Waals surface area contributed by atoms with Gasteiger partial charge in [-0.25, -0.2) is 4.39 Å². The maximum Gasteiger partial charge on any atom is 0.325 e. The summed E-state index contributed by atoms with van der Waals surface area (Å²) in [6, 6.07) is 8.36. The van der Waals surface area contributed by atoms with Crippen LogP contribution in [0.2, 0.25) is 5.02 Å². The maximum absolute atomic E-state index is 12.8. The van der Waals surface area contributed by atoms with Crippen LogP contribution in [-0.2, 0) is 27.5 Å². The van der Waals surface area contributed by atoms with Gasteiger partial charge in [0.25, 0.3) is 5.91 Å². The molecule has 2 aromatic carbocycles. The normalized spacial score (nSPS) is 12.7. The number of esters is 1.